The van der Waals surface area contributed by atoms with Crippen molar-refractivity contribution in [2.45, 2.75) is 26.3 Å². The van der Waals surface area contributed by atoms with Crippen molar-refractivity contribution >= 4 is 11.7 Å². The number of aryl methyl sites for hydroxylation is 1. The van der Waals surface area contributed by atoms with Crippen LogP contribution in [0.2, 0.25) is 0 Å². The number of hydrogen-bond donors (Lipinski definition) is 3. The molecule has 100 valence electrons. The van der Waals surface area contributed by atoms with Crippen molar-refractivity contribution in [1.82, 2.24) is 15.3 Å². The molecular weight excluding hydrogens is 240 g/mol. The van der Waals surface area contributed by atoms with Gasteiger partial charge < -0.3 is 15.6 Å². The molecule has 1 aromatic carbocycles. The number of rotatable bonds is 4. The van der Waals surface area contributed by atoms with Crippen molar-refractivity contribution in [3.05, 3.63) is 48.0 Å². The van der Waals surface area contributed by atoms with Gasteiger partial charge in [-0.25, -0.2) is 9.78 Å². The molecule has 1 aromatic heterocycles. The van der Waals surface area contributed by atoms with Gasteiger partial charge in [-0.3, -0.25) is 0 Å². The smallest absolute Gasteiger partial charge is 0.319 e. The highest BCUT2D eigenvalue weighted by Crippen LogP contribution is 2.12. The number of nitrogens with zero attached hydrogens (tertiary/aromatic N) is 1. The molecule has 2 aromatic rings. The first-order valence-corrected chi connectivity index (χ1v) is 6.32. The monoisotopic (exact) mass is 258 g/mol. The van der Waals surface area contributed by atoms with Crippen LogP contribution in [0.25, 0.3) is 0 Å². The van der Waals surface area contributed by atoms with Crippen molar-refractivity contribution in [2.75, 3.05) is 5.32 Å². The molecule has 5 heteroatoms. The summed E-state index contributed by atoms with van der Waals surface area (Å²) in [4.78, 5) is 19.1. The van der Waals surface area contributed by atoms with Crippen molar-refractivity contribution < 1.29 is 4.79 Å². The number of nitrogens with one attached hydrogen (secondary N) is 3. The van der Waals surface area contributed by atoms with E-state index in [1.807, 2.05) is 38.1 Å². The number of imidazole rings is 1. The third kappa shape index (κ3) is 3.58. The maximum atomic E-state index is 11.9. The quantitative estimate of drug-likeness (QED) is 0.789. The van der Waals surface area contributed by atoms with Gasteiger partial charge in [0, 0.05) is 18.1 Å². The Kier molecular flexibility index (Phi) is 4.18. The minimum Gasteiger partial charge on any atom is -0.347 e. The van der Waals surface area contributed by atoms with Gasteiger partial charge in [0.15, 0.2) is 0 Å². The van der Waals surface area contributed by atoms with Crippen LogP contribution >= 0.6 is 0 Å². The van der Waals surface area contributed by atoms with Crippen LogP contribution in [0.4, 0.5) is 10.5 Å². The molecule has 0 aliphatic carbocycles. The second-order valence-electron chi connectivity index (χ2n) is 4.40. The molecule has 0 radical (unpaired) electrons. The molecule has 0 spiro atoms. The zero-order chi connectivity index (χ0) is 13.7. The molecule has 0 fully saturated rings. The first kappa shape index (κ1) is 13.1. The standard InChI is InChI=1S/C14H18N4O/c1-3-12(13-15-8-9-16-13)18-14(19)17-11-6-4-10(2)5-7-11/h4-9,12H,3H2,1-2H3,(H,15,16)(H2,17,18,19). The number of aromatic amines is 1. The summed E-state index contributed by atoms with van der Waals surface area (Å²) in [6, 6.07) is 7.33. The molecular formula is C14H18N4O. The topological polar surface area (TPSA) is 69.8 Å². The summed E-state index contributed by atoms with van der Waals surface area (Å²) >= 11 is 0. The summed E-state index contributed by atoms with van der Waals surface area (Å²) in [5.74, 6) is 0.765. The van der Waals surface area contributed by atoms with Crippen molar-refractivity contribution in [2.24, 2.45) is 0 Å². The number of carbonyl (C=O) groups is 1. The molecule has 2 rings (SSSR count). The average Bonchev–Trinajstić information content (AvgIpc) is 2.92. The van der Waals surface area contributed by atoms with Gasteiger partial charge in [0.1, 0.15) is 5.82 Å². The number of hydrogen-bond acceptors (Lipinski definition) is 2. The molecule has 0 aliphatic heterocycles. The molecule has 0 bridgehead atoms. The predicted octanol–water partition coefficient (Wildman–Crippen LogP) is 2.99. The lowest BCUT2D eigenvalue weighted by Crippen LogP contribution is -2.32. The van der Waals surface area contributed by atoms with E-state index in [-0.39, 0.29) is 12.1 Å². The van der Waals surface area contributed by atoms with Gasteiger partial charge in [-0.2, -0.15) is 0 Å². The second kappa shape index (κ2) is 6.04. The second-order valence-corrected chi connectivity index (χ2v) is 4.40. The molecule has 19 heavy (non-hydrogen) atoms. The number of anilines is 1. The number of carbonyl (C=O) groups excluding carboxylic acids is 1. The SMILES string of the molecule is CCC(NC(=O)Nc1ccc(C)cc1)c1ncc[nH]1. The maximum absolute atomic E-state index is 11.9. The molecule has 1 heterocycles. The lowest BCUT2D eigenvalue weighted by Gasteiger charge is -2.15. The van der Waals surface area contributed by atoms with Gasteiger partial charge in [-0.1, -0.05) is 24.6 Å². The number of H-pyrrole nitrogens is 1. The fourth-order valence-electron chi connectivity index (χ4n) is 1.79. The van der Waals surface area contributed by atoms with Crippen LogP contribution in [0.5, 0.6) is 0 Å². The highest BCUT2D eigenvalue weighted by Gasteiger charge is 2.14. The fraction of sp³-hybridized carbons (Fsp3) is 0.286. The van der Waals surface area contributed by atoms with E-state index in [0.717, 1.165) is 23.5 Å². The van der Waals surface area contributed by atoms with Gasteiger partial charge in [-0.05, 0) is 25.5 Å². The van der Waals surface area contributed by atoms with Crippen molar-refractivity contribution in [3.63, 3.8) is 0 Å². The Morgan fingerprint density at radius 2 is 2.11 bits per heavy atom. The number of benzene rings is 1. The molecule has 1 unspecified atom stereocenters. The summed E-state index contributed by atoms with van der Waals surface area (Å²) in [6.45, 7) is 4.01. The van der Waals surface area contributed by atoms with Crippen molar-refractivity contribution in [1.29, 1.82) is 0 Å². The molecule has 1 atom stereocenters. The summed E-state index contributed by atoms with van der Waals surface area (Å²) in [5, 5.41) is 5.69. The number of urea groups is 1. The van der Waals surface area contributed by atoms with Gasteiger partial charge in [-0.15, -0.1) is 0 Å². The van der Waals surface area contributed by atoms with E-state index in [4.69, 9.17) is 0 Å². The minimum absolute atomic E-state index is 0.111. The summed E-state index contributed by atoms with van der Waals surface area (Å²) < 4.78 is 0. The fourth-order valence-corrected chi connectivity index (χ4v) is 1.79. The van der Waals surface area contributed by atoms with E-state index in [1.165, 1.54) is 0 Å². The van der Waals surface area contributed by atoms with Crippen LogP contribution < -0.4 is 10.6 Å². The largest absolute Gasteiger partial charge is 0.347 e. The van der Waals surface area contributed by atoms with E-state index in [9.17, 15) is 4.79 Å². The van der Waals surface area contributed by atoms with Crippen molar-refractivity contribution in [3.8, 4) is 0 Å². The third-order valence-electron chi connectivity index (χ3n) is 2.87. The summed E-state index contributed by atoms with van der Waals surface area (Å²) in [5.41, 5.74) is 1.94. The van der Waals surface area contributed by atoms with Gasteiger partial charge >= 0.3 is 6.03 Å². The van der Waals surface area contributed by atoms with E-state index >= 15 is 0 Å². The third-order valence-corrected chi connectivity index (χ3v) is 2.87. The highest BCUT2D eigenvalue weighted by molar-refractivity contribution is 5.89. The molecule has 3 N–H and O–H groups in total. The first-order valence-electron chi connectivity index (χ1n) is 6.32. The van der Waals surface area contributed by atoms with Crippen LogP contribution in [-0.4, -0.2) is 16.0 Å². The van der Waals surface area contributed by atoms with Gasteiger partial charge in [0.2, 0.25) is 0 Å². The first-order chi connectivity index (χ1) is 9.19. The Labute approximate surface area is 112 Å². The van der Waals surface area contributed by atoms with Crippen LogP contribution in [-0.2, 0) is 0 Å². The van der Waals surface area contributed by atoms with E-state index in [0.29, 0.717) is 0 Å². The molecule has 0 aliphatic rings. The number of aromatic nitrogens is 2. The van der Waals surface area contributed by atoms with Gasteiger partial charge in [0.25, 0.3) is 0 Å². The summed E-state index contributed by atoms with van der Waals surface area (Å²) in [6.07, 6.45) is 4.20. The maximum Gasteiger partial charge on any atom is 0.319 e. The molecule has 5 nitrogen and oxygen atoms in total. The zero-order valence-electron chi connectivity index (χ0n) is 11.1. The Balaban J connectivity index is 1.95. The summed E-state index contributed by atoms with van der Waals surface area (Å²) in [7, 11) is 0. The van der Waals surface area contributed by atoms with Crippen LogP contribution in [0, 0.1) is 6.92 Å². The average molecular weight is 258 g/mol. The minimum atomic E-state index is -0.230. The lowest BCUT2D eigenvalue weighted by molar-refractivity contribution is 0.247. The molecule has 2 amide bonds. The van der Waals surface area contributed by atoms with Crippen LogP contribution in [0.1, 0.15) is 30.8 Å². The van der Waals surface area contributed by atoms with E-state index in [1.54, 1.807) is 12.4 Å². The van der Waals surface area contributed by atoms with E-state index < -0.39 is 0 Å². The number of amides is 2. The Morgan fingerprint density at radius 3 is 2.68 bits per heavy atom. The predicted molar refractivity (Wildman–Crippen MR) is 75.0 cm³/mol. The molecule has 0 saturated heterocycles. The normalized spacial score (nSPS) is 11.9. The van der Waals surface area contributed by atoms with Crippen LogP contribution in [0.15, 0.2) is 36.7 Å². The Hall–Kier alpha value is -2.30. The van der Waals surface area contributed by atoms with Gasteiger partial charge in [0.05, 0.1) is 6.04 Å². The molecule has 0 saturated carbocycles. The Bertz CT molecular complexity index is 519. The zero-order valence-corrected chi connectivity index (χ0v) is 11.1. The van der Waals surface area contributed by atoms with Crippen LogP contribution in [0.3, 0.4) is 0 Å². The van der Waals surface area contributed by atoms with E-state index in [2.05, 4.69) is 20.6 Å². The lowest BCUT2D eigenvalue weighted by atomic mass is 10.2. The Morgan fingerprint density at radius 1 is 1.37 bits per heavy atom. The highest BCUT2D eigenvalue weighted by atomic mass is 16.2.